The second-order valence-corrected chi connectivity index (χ2v) is 12.6. The molecule has 1 aromatic heterocycles. The standard InChI is InChI=1S/C40H34ClN3O4/c41-31-17-11-26(12-18-31)35-21-15-28(39(45)42-32-7-3-1-4-8-32)23-30(35)25-48-34-19-13-27(14-20-34)38-43-36-24-29(40(46)47)16-22-37(36)44(38)33-9-5-2-6-10-33/h1,3-4,7-8,11-24,33H,2,5-6,9-10,25H2,(H,42,45)(H,46,47). The summed E-state index contributed by atoms with van der Waals surface area (Å²) in [7, 11) is 0. The van der Waals surface area contributed by atoms with Gasteiger partial charge >= 0.3 is 5.97 Å². The first-order valence-corrected chi connectivity index (χ1v) is 16.5. The molecule has 0 atom stereocenters. The first kappa shape index (κ1) is 31.2. The second-order valence-electron chi connectivity index (χ2n) is 12.1. The Hall–Kier alpha value is -5.40. The maximum Gasteiger partial charge on any atom is 0.335 e. The largest absolute Gasteiger partial charge is 0.489 e. The van der Waals surface area contributed by atoms with Gasteiger partial charge in [0.05, 0.1) is 16.6 Å². The van der Waals surface area contributed by atoms with Gasteiger partial charge in [0.1, 0.15) is 18.2 Å². The molecule has 0 spiro atoms. The van der Waals surface area contributed by atoms with Crippen LogP contribution in [0.1, 0.15) is 64.4 Å². The van der Waals surface area contributed by atoms with E-state index in [0.717, 1.165) is 65.0 Å². The SMILES string of the molecule is O=C(O)c1ccc2c(c1)nc(-c1ccc(OCc3cc(C(=O)Nc4ccccc4)ccc3-c3ccc(Cl)cc3)cc1)n2C1CCCCC1. The van der Waals surface area contributed by atoms with E-state index in [0.29, 0.717) is 27.9 Å². The number of benzene rings is 5. The highest BCUT2D eigenvalue weighted by Crippen LogP contribution is 2.37. The number of halogens is 1. The summed E-state index contributed by atoms with van der Waals surface area (Å²) in [5.41, 5.74) is 6.82. The fraction of sp³-hybridized carbons (Fsp3) is 0.175. The molecule has 0 aliphatic heterocycles. The van der Waals surface area contributed by atoms with Crippen LogP contribution in [0.15, 0.2) is 115 Å². The number of imidazole rings is 1. The van der Waals surface area contributed by atoms with Crippen molar-refractivity contribution in [3.05, 3.63) is 137 Å². The predicted octanol–water partition coefficient (Wildman–Crippen LogP) is 10.1. The molecule has 0 bridgehead atoms. The van der Waals surface area contributed by atoms with Crippen LogP contribution in [0.2, 0.25) is 5.02 Å². The number of carboxylic acids is 1. The molecule has 48 heavy (non-hydrogen) atoms. The Morgan fingerprint density at radius 3 is 2.25 bits per heavy atom. The fourth-order valence-corrected chi connectivity index (χ4v) is 6.62. The van der Waals surface area contributed by atoms with E-state index < -0.39 is 5.97 Å². The number of rotatable bonds is 9. The van der Waals surface area contributed by atoms with Crippen LogP contribution >= 0.6 is 11.6 Å². The van der Waals surface area contributed by atoms with E-state index in [-0.39, 0.29) is 18.1 Å². The molecule has 1 aliphatic rings. The number of carbonyl (C=O) groups is 2. The number of fused-ring (bicyclic) bond motifs is 1. The number of aromatic nitrogens is 2. The summed E-state index contributed by atoms with van der Waals surface area (Å²) in [5, 5.41) is 13.2. The van der Waals surface area contributed by atoms with Crippen molar-refractivity contribution in [3.8, 4) is 28.3 Å². The number of aromatic carboxylic acids is 1. The molecule has 2 N–H and O–H groups in total. The monoisotopic (exact) mass is 655 g/mol. The zero-order valence-corrected chi connectivity index (χ0v) is 27.0. The number of anilines is 1. The average Bonchev–Trinajstić information content (AvgIpc) is 3.51. The summed E-state index contributed by atoms with van der Waals surface area (Å²) < 4.78 is 8.61. The van der Waals surface area contributed by atoms with Gasteiger partial charge in [0, 0.05) is 27.9 Å². The van der Waals surface area contributed by atoms with E-state index in [1.165, 1.54) is 6.42 Å². The molecule has 8 heteroatoms. The van der Waals surface area contributed by atoms with E-state index >= 15 is 0 Å². The molecule has 1 amide bonds. The van der Waals surface area contributed by atoms with Gasteiger partial charge in [0.25, 0.3) is 5.91 Å². The highest BCUT2D eigenvalue weighted by molar-refractivity contribution is 6.30. The van der Waals surface area contributed by atoms with Crippen molar-refractivity contribution < 1.29 is 19.4 Å². The number of para-hydroxylation sites is 1. The van der Waals surface area contributed by atoms with Crippen molar-refractivity contribution in [1.29, 1.82) is 0 Å². The van der Waals surface area contributed by atoms with Crippen molar-refractivity contribution in [3.63, 3.8) is 0 Å². The Morgan fingerprint density at radius 2 is 1.52 bits per heavy atom. The Bertz CT molecular complexity index is 2080. The van der Waals surface area contributed by atoms with Crippen LogP contribution < -0.4 is 10.1 Å². The van der Waals surface area contributed by atoms with Crippen molar-refractivity contribution in [2.24, 2.45) is 0 Å². The van der Waals surface area contributed by atoms with E-state index in [9.17, 15) is 14.7 Å². The number of hydrogen-bond donors (Lipinski definition) is 2. The zero-order chi connectivity index (χ0) is 33.0. The predicted molar refractivity (Wildman–Crippen MR) is 190 cm³/mol. The van der Waals surface area contributed by atoms with Gasteiger partial charge in [0.15, 0.2) is 0 Å². The third-order valence-corrected chi connectivity index (χ3v) is 9.19. The summed E-state index contributed by atoms with van der Waals surface area (Å²) >= 11 is 6.17. The van der Waals surface area contributed by atoms with E-state index in [2.05, 4.69) is 9.88 Å². The lowest BCUT2D eigenvalue weighted by atomic mass is 9.95. The third-order valence-electron chi connectivity index (χ3n) is 8.94. The highest BCUT2D eigenvalue weighted by atomic mass is 35.5. The van der Waals surface area contributed by atoms with Gasteiger partial charge in [-0.1, -0.05) is 67.3 Å². The van der Waals surface area contributed by atoms with Crippen LogP contribution in [0, 0.1) is 0 Å². The lowest BCUT2D eigenvalue weighted by Crippen LogP contribution is -2.14. The Balaban J connectivity index is 1.17. The molecular weight excluding hydrogens is 622 g/mol. The minimum absolute atomic E-state index is 0.203. The Labute approximate surface area is 283 Å². The molecule has 0 radical (unpaired) electrons. The number of nitrogens with zero attached hydrogens (tertiary/aromatic N) is 2. The highest BCUT2D eigenvalue weighted by Gasteiger charge is 2.23. The van der Waals surface area contributed by atoms with Crippen LogP contribution in [0.4, 0.5) is 5.69 Å². The smallest absolute Gasteiger partial charge is 0.335 e. The van der Waals surface area contributed by atoms with E-state index in [1.54, 1.807) is 12.1 Å². The first-order valence-electron chi connectivity index (χ1n) is 16.2. The fourth-order valence-electron chi connectivity index (χ4n) is 6.50. The number of carboxylic acid groups (broad SMARTS) is 1. The molecule has 0 saturated heterocycles. The molecule has 7 rings (SSSR count). The van der Waals surface area contributed by atoms with Crippen LogP contribution in [-0.2, 0) is 6.61 Å². The first-order chi connectivity index (χ1) is 23.4. The molecule has 1 heterocycles. The number of ether oxygens (including phenoxy) is 1. The van der Waals surface area contributed by atoms with Crippen LogP contribution in [0.3, 0.4) is 0 Å². The average molecular weight is 656 g/mol. The summed E-state index contributed by atoms with van der Waals surface area (Å²) in [6.07, 6.45) is 5.69. The van der Waals surface area contributed by atoms with Crippen molar-refractivity contribution in [1.82, 2.24) is 9.55 Å². The molecule has 6 aromatic rings. The molecule has 1 fully saturated rings. The van der Waals surface area contributed by atoms with E-state index in [1.807, 2.05) is 103 Å². The van der Waals surface area contributed by atoms with Crippen molar-refractivity contribution in [2.45, 2.75) is 44.8 Å². The second kappa shape index (κ2) is 13.8. The van der Waals surface area contributed by atoms with Gasteiger partial charge < -0.3 is 19.7 Å². The number of hydrogen-bond acceptors (Lipinski definition) is 4. The van der Waals surface area contributed by atoms with Crippen LogP contribution in [-0.4, -0.2) is 26.5 Å². The molecule has 7 nitrogen and oxygen atoms in total. The maximum absolute atomic E-state index is 13.2. The van der Waals surface area contributed by atoms with Crippen molar-refractivity contribution >= 4 is 40.2 Å². The Morgan fingerprint density at radius 1 is 0.812 bits per heavy atom. The normalized spacial score (nSPS) is 13.4. The van der Waals surface area contributed by atoms with Crippen molar-refractivity contribution in [2.75, 3.05) is 5.32 Å². The van der Waals surface area contributed by atoms with Gasteiger partial charge in [-0.3, -0.25) is 4.79 Å². The maximum atomic E-state index is 13.2. The molecular formula is C40H34ClN3O4. The topological polar surface area (TPSA) is 93.5 Å². The molecule has 240 valence electrons. The minimum atomic E-state index is -0.964. The summed E-state index contributed by atoms with van der Waals surface area (Å²) in [5.74, 6) is 0.334. The van der Waals surface area contributed by atoms with Gasteiger partial charge in [-0.2, -0.15) is 0 Å². The zero-order valence-electron chi connectivity index (χ0n) is 26.2. The lowest BCUT2D eigenvalue weighted by molar-refractivity contribution is 0.0696. The van der Waals surface area contributed by atoms with Crippen LogP contribution in [0.25, 0.3) is 33.5 Å². The minimum Gasteiger partial charge on any atom is -0.489 e. The van der Waals surface area contributed by atoms with Gasteiger partial charge in [0.2, 0.25) is 0 Å². The Kier molecular flexibility index (Phi) is 8.95. The van der Waals surface area contributed by atoms with Gasteiger partial charge in [-0.05, 0) is 108 Å². The van der Waals surface area contributed by atoms with E-state index in [4.69, 9.17) is 21.3 Å². The number of amides is 1. The van der Waals surface area contributed by atoms with Gasteiger partial charge in [-0.25, -0.2) is 9.78 Å². The quantitative estimate of drug-likeness (QED) is 0.162. The third kappa shape index (κ3) is 6.68. The molecule has 1 aliphatic carbocycles. The molecule has 1 saturated carbocycles. The summed E-state index contributed by atoms with van der Waals surface area (Å²) in [6, 6.07) is 36.0. The number of carbonyl (C=O) groups excluding carboxylic acids is 1. The van der Waals surface area contributed by atoms with Crippen LogP contribution in [0.5, 0.6) is 5.75 Å². The lowest BCUT2D eigenvalue weighted by Gasteiger charge is -2.25. The molecule has 0 unspecified atom stereocenters. The summed E-state index contributed by atoms with van der Waals surface area (Å²) in [4.78, 5) is 29.8. The van der Waals surface area contributed by atoms with Gasteiger partial charge in [-0.15, -0.1) is 0 Å². The summed E-state index contributed by atoms with van der Waals surface area (Å²) in [6.45, 7) is 0.238. The number of nitrogens with one attached hydrogen (secondary N) is 1. The molecule has 5 aromatic carbocycles.